The average molecular weight is 293 g/mol. The molecule has 1 saturated heterocycles. The fourth-order valence-electron chi connectivity index (χ4n) is 2.45. The monoisotopic (exact) mass is 293 g/mol. The van der Waals surface area contributed by atoms with Crippen LogP contribution in [0.1, 0.15) is 6.42 Å². The number of hydrogen-bond donors (Lipinski definition) is 2. The summed E-state index contributed by atoms with van der Waals surface area (Å²) < 4.78 is 4.96. The molecule has 0 radical (unpaired) electrons. The van der Waals surface area contributed by atoms with Gasteiger partial charge in [-0.2, -0.15) is 0 Å². The van der Waals surface area contributed by atoms with Crippen LogP contribution in [0.25, 0.3) is 0 Å². The van der Waals surface area contributed by atoms with E-state index in [4.69, 9.17) is 10.5 Å². The second kappa shape index (κ2) is 7.28. The lowest BCUT2D eigenvalue weighted by molar-refractivity contribution is -0.133. The van der Waals surface area contributed by atoms with Crippen LogP contribution < -0.4 is 10.6 Å². The van der Waals surface area contributed by atoms with Gasteiger partial charge in [0.2, 0.25) is 5.91 Å². The van der Waals surface area contributed by atoms with Gasteiger partial charge in [-0.3, -0.25) is 4.79 Å². The number of phenolic OH excluding ortho intramolecular Hbond substituents is 1. The number of hydrogen-bond acceptors (Lipinski definition) is 5. The van der Waals surface area contributed by atoms with E-state index in [0.29, 0.717) is 26.1 Å². The first-order valence-corrected chi connectivity index (χ1v) is 7.19. The number of benzene rings is 1. The van der Waals surface area contributed by atoms with Crippen molar-refractivity contribution in [2.24, 2.45) is 5.73 Å². The third-order valence-electron chi connectivity index (χ3n) is 3.76. The van der Waals surface area contributed by atoms with Crippen LogP contribution in [0.5, 0.6) is 5.75 Å². The Labute approximate surface area is 125 Å². The van der Waals surface area contributed by atoms with Crippen molar-refractivity contribution in [3.05, 3.63) is 24.3 Å². The number of rotatable bonds is 5. The quantitative estimate of drug-likeness (QED) is 0.822. The first-order valence-electron chi connectivity index (χ1n) is 7.19. The Balaban J connectivity index is 1.85. The summed E-state index contributed by atoms with van der Waals surface area (Å²) in [4.78, 5) is 16.2. The molecule has 0 bridgehead atoms. The number of anilines is 1. The van der Waals surface area contributed by atoms with Crippen LogP contribution in [0.4, 0.5) is 5.69 Å². The maximum absolute atomic E-state index is 12.2. The van der Waals surface area contributed by atoms with E-state index < -0.39 is 6.04 Å². The van der Waals surface area contributed by atoms with E-state index in [1.54, 1.807) is 19.2 Å². The van der Waals surface area contributed by atoms with E-state index in [1.807, 2.05) is 17.0 Å². The molecule has 1 heterocycles. The highest BCUT2D eigenvalue weighted by Crippen LogP contribution is 2.20. The number of ether oxygens (including phenoxy) is 1. The molecule has 0 saturated carbocycles. The second-order valence-electron chi connectivity index (χ2n) is 5.22. The molecule has 1 aliphatic heterocycles. The van der Waals surface area contributed by atoms with Crippen LogP contribution in [0, 0.1) is 0 Å². The zero-order chi connectivity index (χ0) is 15.2. The molecule has 1 aromatic carbocycles. The first kappa shape index (κ1) is 15.6. The van der Waals surface area contributed by atoms with Crippen molar-refractivity contribution in [3.8, 4) is 5.75 Å². The zero-order valence-electron chi connectivity index (χ0n) is 12.4. The van der Waals surface area contributed by atoms with Gasteiger partial charge < -0.3 is 25.4 Å². The molecular weight excluding hydrogens is 270 g/mol. The maximum Gasteiger partial charge on any atom is 0.239 e. The van der Waals surface area contributed by atoms with Crippen LogP contribution in [-0.2, 0) is 9.53 Å². The lowest BCUT2D eigenvalue weighted by Gasteiger charge is -2.37. The van der Waals surface area contributed by atoms with Gasteiger partial charge in [-0.25, -0.2) is 0 Å². The normalized spacial score (nSPS) is 16.9. The van der Waals surface area contributed by atoms with Gasteiger partial charge in [-0.15, -0.1) is 0 Å². The molecule has 21 heavy (non-hydrogen) atoms. The van der Waals surface area contributed by atoms with Crippen LogP contribution in [0.15, 0.2) is 24.3 Å². The van der Waals surface area contributed by atoms with Crippen molar-refractivity contribution in [2.45, 2.75) is 12.5 Å². The van der Waals surface area contributed by atoms with Crippen LogP contribution in [0.3, 0.4) is 0 Å². The molecule has 6 heteroatoms. The van der Waals surface area contributed by atoms with E-state index in [2.05, 4.69) is 4.90 Å². The van der Waals surface area contributed by atoms with Gasteiger partial charge in [0.1, 0.15) is 5.75 Å². The summed E-state index contributed by atoms with van der Waals surface area (Å²) in [6.07, 6.45) is 0.549. The number of carbonyl (C=O) groups is 1. The molecule has 0 aliphatic carbocycles. The summed E-state index contributed by atoms with van der Waals surface area (Å²) in [5.74, 6) is 0.258. The van der Waals surface area contributed by atoms with Gasteiger partial charge in [0.25, 0.3) is 0 Å². The van der Waals surface area contributed by atoms with Crippen LogP contribution in [0.2, 0.25) is 0 Å². The first-order chi connectivity index (χ1) is 10.1. The number of carbonyl (C=O) groups excluding carboxylic acids is 1. The predicted octanol–water partition coefficient (Wildman–Crippen LogP) is 0.405. The molecule has 1 fully saturated rings. The molecule has 1 aromatic rings. The third kappa shape index (κ3) is 4.09. The lowest BCUT2D eigenvalue weighted by atomic mass is 10.1. The fourth-order valence-corrected chi connectivity index (χ4v) is 2.45. The SMILES string of the molecule is COCCC(N)C(=O)N1CCN(c2ccc(O)cc2)CC1. The van der Waals surface area contributed by atoms with Crippen molar-refractivity contribution in [1.29, 1.82) is 0 Å². The van der Waals surface area contributed by atoms with Gasteiger partial charge >= 0.3 is 0 Å². The number of piperazine rings is 1. The van der Waals surface area contributed by atoms with E-state index in [1.165, 1.54) is 0 Å². The van der Waals surface area contributed by atoms with Gasteiger partial charge in [-0.1, -0.05) is 0 Å². The minimum absolute atomic E-state index is 0.00240. The van der Waals surface area contributed by atoms with Crippen LogP contribution >= 0.6 is 0 Å². The number of nitrogens with zero attached hydrogens (tertiary/aromatic N) is 2. The van der Waals surface area contributed by atoms with Gasteiger partial charge in [0.05, 0.1) is 6.04 Å². The zero-order valence-corrected chi connectivity index (χ0v) is 12.4. The minimum Gasteiger partial charge on any atom is -0.508 e. The number of aromatic hydroxyl groups is 1. The second-order valence-corrected chi connectivity index (χ2v) is 5.22. The fraction of sp³-hybridized carbons (Fsp3) is 0.533. The number of methoxy groups -OCH3 is 1. The summed E-state index contributed by atoms with van der Waals surface area (Å²) in [6.45, 7) is 3.38. The van der Waals surface area contributed by atoms with E-state index in [-0.39, 0.29) is 11.7 Å². The van der Waals surface area contributed by atoms with E-state index >= 15 is 0 Å². The third-order valence-corrected chi connectivity index (χ3v) is 3.76. The summed E-state index contributed by atoms with van der Waals surface area (Å²) >= 11 is 0. The van der Waals surface area contributed by atoms with Crippen molar-refractivity contribution < 1.29 is 14.6 Å². The predicted molar refractivity (Wildman–Crippen MR) is 81.4 cm³/mol. The molecule has 0 spiro atoms. The molecule has 0 aromatic heterocycles. The van der Waals surface area contributed by atoms with Crippen molar-refractivity contribution in [2.75, 3.05) is 44.8 Å². The van der Waals surface area contributed by atoms with Gasteiger partial charge in [0.15, 0.2) is 0 Å². The lowest BCUT2D eigenvalue weighted by Crippen LogP contribution is -2.53. The Morgan fingerprint density at radius 3 is 2.48 bits per heavy atom. The van der Waals surface area contributed by atoms with Crippen molar-refractivity contribution in [1.82, 2.24) is 4.90 Å². The molecule has 116 valence electrons. The largest absolute Gasteiger partial charge is 0.508 e. The number of nitrogens with two attached hydrogens (primary N) is 1. The summed E-state index contributed by atoms with van der Waals surface area (Å²) in [5, 5.41) is 9.31. The Hall–Kier alpha value is -1.79. The standard InChI is InChI=1S/C15H23N3O3/c1-21-11-6-14(16)15(20)18-9-7-17(8-10-18)12-2-4-13(19)5-3-12/h2-5,14,19H,6-11,16H2,1H3. The van der Waals surface area contributed by atoms with Gasteiger partial charge in [0, 0.05) is 45.6 Å². The molecule has 3 N–H and O–H groups in total. The summed E-state index contributed by atoms with van der Waals surface area (Å²) in [5.41, 5.74) is 6.94. The molecule has 2 rings (SSSR count). The molecule has 1 atom stereocenters. The molecule has 6 nitrogen and oxygen atoms in total. The Kier molecular flexibility index (Phi) is 5.41. The van der Waals surface area contributed by atoms with E-state index in [0.717, 1.165) is 18.8 Å². The highest BCUT2D eigenvalue weighted by Gasteiger charge is 2.25. The highest BCUT2D eigenvalue weighted by molar-refractivity contribution is 5.81. The minimum atomic E-state index is -0.481. The highest BCUT2D eigenvalue weighted by atomic mass is 16.5. The van der Waals surface area contributed by atoms with Gasteiger partial charge in [-0.05, 0) is 30.7 Å². The van der Waals surface area contributed by atoms with E-state index in [9.17, 15) is 9.90 Å². The summed E-state index contributed by atoms with van der Waals surface area (Å²) in [7, 11) is 1.60. The Morgan fingerprint density at radius 2 is 1.90 bits per heavy atom. The smallest absolute Gasteiger partial charge is 0.239 e. The topological polar surface area (TPSA) is 79.0 Å². The Bertz CT molecular complexity index is 456. The number of amides is 1. The average Bonchev–Trinajstić information content (AvgIpc) is 2.53. The number of phenols is 1. The van der Waals surface area contributed by atoms with Crippen LogP contribution in [-0.4, -0.2) is 61.9 Å². The molecular formula is C15H23N3O3. The summed E-state index contributed by atoms with van der Waals surface area (Å²) in [6, 6.07) is 6.64. The van der Waals surface area contributed by atoms with Crippen molar-refractivity contribution >= 4 is 11.6 Å². The molecule has 1 aliphatic rings. The molecule has 1 amide bonds. The van der Waals surface area contributed by atoms with Crippen molar-refractivity contribution in [3.63, 3.8) is 0 Å². The molecule has 1 unspecified atom stereocenters. The Morgan fingerprint density at radius 1 is 1.29 bits per heavy atom. The maximum atomic E-state index is 12.2.